The summed E-state index contributed by atoms with van der Waals surface area (Å²) in [4.78, 5) is 0.165. The summed E-state index contributed by atoms with van der Waals surface area (Å²) in [7, 11) is -3.78. The van der Waals surface area contributed by atoms with Gasteiger partial charge in [0.2, 0.25) is 0 Å². The summed E-state index contributed by atoms with van der Waals surface area (Å²) in [5.41, 5.74) is 2.67. The Balaban J connectivity index is 2.07. The van der Waals surface area contributed by atoms with E-state index in [2.05, 4.69) is 25.8 Å². The minimum Gasteiger partial charge on any atom is -0.280 e. The fourth-order valence-corrected chi connectivity index (χ4v) is 4.00. The van der Waals surface area contributed by atoms with Gasteiger partial charge in [0, 0.05) is 28.0 Å². The van der Waals surface area contributed by atoms with Gasteiger partial charge < -0.3 is 0 Å². The molecule has 1 heterocycles. The van der Waals surface area contributed by atoms with Crippen molar-refractivity contribution >= 4 is 31.6 Å². The van der Waals surface area contributed by atoms with E-state index in [1.165, 1.54) is 0 Å². The molecule has 3 rings (SSSR count). The largest absolute Gasteiger partial charge is 0.280 e. The molecule has 0 saturated carbocycles. The number of aromatic nitrogens is 2. The molecule has 136 valence electrons. The van der Waals surface area contributed by atoms with E-state index in [0.29, 0.717) is 11.4 Å². The van der Waals surface area contributed by atoms with Gasteiger partial charge in [0.05, 0.1) is 0 Å². The zero-order chi connectivity index (χ0) is 18.9. The molecule has 0 atom stereocenters. The Labute approximate surface area is 162 Å². The molecule has 26 heavy (non-hydrogen) atoms. The van der Waals surface area contributed by atoms with Crippen molar-refractivity contribution in [1.29, 1.82) is 0 Å². The van der Waals surface area contributed by atoms with Crippen LogP contribution >= 0.6 is 15.9 Å². The number of nitrogens with one attached hydrogen (secondary N) is 1. The number of nitrogens with zero attached hydrogens (tertiary/aromatic N) is 2. The topological polar surface area (TPSA) is 64.0 Å². The summed E-state index contributed by atoms with van der Waals surface area (Å²) in [6, 6.07) is 14.7. The minimum absolute atomic E-state index is 0.0522. The molecule has 0 saturated heterocycles. The number of halogens is 1. The van der Waals surface area contributed by atoms with E-state index in [-0.39, 0.29) is 10.9 Å². The van der Waals surface area contributed by atoms with Crippen LogP contribution in [0.3, 0.4) is 0 Å². The molecule has 1 N–H and O–H groups in total. The lowest BCUT2D eigenvalue weighted by molar-refractivity contribution is 0.532. The first-order valence-corrected chi connectivity index (χ1v) is 10.5. The molecule has 5 nitrogen and oxygen atoms in total. The first-order chi connectivity index (χ1) is 12.3. The number of benzene rings is 2. The SMILES string of the molecule is Cc1cc(NS(=O)(=O)c2cn(C(C)C)nc2-c2ccccc2)ccc1Br. The van der Waals surface area contributed by atoms with Gasteiger partial charge in [-0.3, -0.25) is 9.40 Å². The smallest absolute Gasteiger partial charge is 0.265 e. The Bertz CT molecular complexity index is 1030. The van der Waals surface area contributed by atoms with Crippen LogP contribution in [0, 0.1) is 6.92 Å². The average molecular weight is 434 g/mol. The monoisotopic (exact) mass is 433 g/mol. The molecule has 0 radical (unpaired) electrons. The fraction of sp³-hybridized carbons (Fsp3) is 0.211. The van der Waals surface area contributed by atoms with Gasteiger partial charge in [0.15, 0.2) is 0 Å². The van der Waals surface area contributed by atoms with Crippen LogP contribution in [0.1, 0.15) is 25.5 Å². The number of hydrogen-bond acceptors (Lipinski definition) is 3. The normalized spacial score (nSPS) is 11.7. The Hall–Kier alpha value is -2.12. The molecule has 3 aromatic rings. The molecule has 0 aliphatic rings. The van der Waals surface area contributed by atoms with Crippen LogP contribution < -0.4 is 4.72 Å². The standard InChI is InChI=1S/C19H20BrN3O2S/c1-13(2)23-12-18(19(21-23)15-7-5-4-6-8-15)26(24,25)22-16-9-10-17(20)14(3)11-16/h4-13,22H,1-3H3. The molecule has 0 fully saturated rings. The van der Waals surface area contributed by atoms with Gasteiger partial charge in [-0.05, 0) is 44.5 Å². The van der Waals surface area contributed by atoms with E-state index in [1.807, 2.05) is 57.2 Å². The molecular weight excluding hydrogens is 414 g/mol. The molecular formula is C19H20BrN3O2S. The lowest BCUT2D eigenvalue weighted by Crippen LogP contribution is -2.13. The second-order valence-corrected chi connectivity index (χ2v) is 8.86. The molecule has 0 unspecified atom stereocenters. The highest BCUT2D eigenvalue weighted by molar-refractivity contribution is 9.10. The van der Waals surface area contributed by atoms with Gasteiger partial charge in [0.25, 0.3) is 10.0 Å². The van der Waals surface area contributed by atoms with Crippen molar-refractivity contribution in [2.75, 3.05) is 4.72 Å². The second kappa shape index (κ2) is 7.25. The number of aryl methyl sites for hydroxylation is 1. The van der Waals surface area contributed by atoms with Gasteiger partial charge in [-0.25, -0.2) is 8.42 Å². The predicted octanol–water partition coefficient (Wildman–Crippen LogP) is 5.00. The van der Waals surface area contributed by atoms with Gasteiger partial charge >= 0.3 is 0 Å². The lowest BCUT2D eigenvalue weighted by atomic mass is 10.2. The molecule has 0 aliphatic heterocycles. The van der Waals surface area contributed by atoms with E-state index < -0.39 is 10.0 Å². The average Bonchev–Trinajstić information content (AvgIpc) is 3.05. The van der Waals surface area contributed by atoms with E-state index in [9.17, 15) is 8.42 Å². The van der Waals surface area contributed by atoms with E-state index in [1.54, 1.807) is 23.0 Å². The van der Waals surface area contributed by atoms with Crippen LogP contribution in [0.5, 0.6) is 0 Å². The van der Waals surface area contributed by atoms with Crippen molar-refractivity contribution in [3.63, 3.8) is 0 Å². The summed E-state index contributed by atoms with van der Waals surface area (Å²) in [5.74, 6) is 0. The highest BCUT2D eigenvalue weighted by atomic mass is 79.9. The Morgan fingerprint density at radius 1 is 1.12 bits per heavy atom. The van der Waals surface area contributed by atoms with Crippen LogP contribution in [0.15, 0.2) is 64.1 Å². The van der Waals surface area contributed by atoms with E-state index in [0.717, 1.165) is 15.6 Å². The summed E-state index contributed by atoms with van der Waals surface area (Å²) in [6.45, 7) is 5.83. The Kier molecular flexibility index (Phi) is 5.20. The zero-order valence-electron chi connectivity index (χ0n) is 14.8. The third-order valence-corrected chi connectivity index (χ3v) is 6.25. The highest BCUT2D eigenvalue weighted by Crippen LogP contribution is 2.29. The van der Waals surface area contributed by atoms with Crippen LogP contribution in [-0.2, 0) is 10.0 Å². The number of rotatable bonds is 5. The first-order valence-electron chi connectivity index (χ1n) is 8.21. The maximum Gasteiger partial charge on any atom is 0.265 e. The molecule has 0 aliphatic carbocycles. The molecule has 7 heteroatoms. The van der Waals surface area contributed by atoms with Gasteiger partial charge in [-0.15, -0.1) is 0 Å². The highest BCUT2D eigenvalue weighted by Gasteiger charge is 2.24. The van der Waals surface area contributed by atoms with Crippen molar-refractivity contribution in [2.45, 2.75) is 31.7 Å². The third kappa shape index (κ3) is 3.83. The maximum atomic E-state index is 13.1. The molecule has 0 bridgehead atoms. The van der Waals surface area contributed by atoms with Crippen LogP contribution in [0.2, 0.25) is 0 Å². The summed E-state index contributed by atoms with van der Waals surface area (Å²) in [6.07, 6.45) is 1.58. The van der Waals surface area contributed by atoms with Crippen LogP contribution in [0.4, 0.5) is 5.69 Å². The van der Waals surface area contributed by atoms with Crippen molar-refractivity contribution < 1.29 is 8.42 Å². The summed E-state index contributed by atoms with van der Waals surface area (Å²) in [5, 5.41) is 4.51. The van der Waals surface area contributed by atoms with Crippen LogP contribution in [0.25, 0.3) is 11.3 Å². The Morgan fingerprint density at radius 3 is 2.42 bits per heavy atom. The van der Waals surface area contributed by atoms with Gasteiger partial charge in [-0.1, -0.05) is 46.3 Å². The summed E-state index contributed by atoms with van der Waals surface area (Å²) >= 11 is 3.42. The van der Waals surface area contributed by atoms with Crippen molar-refractivity contribution in [2.24, 2.45) is 0 Å². The number of anilines is 1. The van der Waals surface area contributed by atoms with Gasteiger partial charge in [-0.2, -0.15) is 5.10 Å². The maximum absolute atomic E-state index is 13.1. The van der Waals surface area contributed by atoms with Gasteiger partial charge in [0.1, 0.15) is 10.6 Å². The fourth-order valence-electron chi connectivity index (χ4n) is 2.55. The van der Waals surface area contributed by atoms with Crippen molar-refractivity contribution in [3.8, 4) is 11.3 Å². The number of hydrogen-bond donors (Lipinski definition) is 1. The zero-order valence-corrected chi connectivity index (χ0v) is 17.2. The van der Waals surface area contributed by atoms with Crippen molar-refractivity contribution in [1.82, 2.24) is 9.78 Å². The third-order valence-electron chi connectivity index (χ3n) is 3.97. The molecule has 0 spiro atoms. The molecule has 1 aromatic heterocycles. The number of sulfonamides is 1. The molecule has 0 amide bonds. The predicted molar refractivity (Wildman–Crippen MR) is 108 cm³/mol. The van der Waals surface area contributed by atoms with E-state index >= 15 is 0 Å². The van der Waals surface area contributed by atoms with Crippen molar-refractivity contribution in [3.05, 3.63) is 64.8 Å². The minimum atomic E-state index is -3.78. The van der Waals surface area contributed by atoms with E-state index in [4.69, 9.17) is 0 Å². The summed E-state index contributed by atoms with van der Waals surface area (Å²) < 4.78 is 31.4. The lowest BCUT2D eigenvalue weighted by Gasteiger charge is -2.09. The second-order valence-electron chi connectivity index (χ2n) is 6.35. The quantitative estimate of drug-likeness (QED) is 0.615. The Morgan fingerprint density at radius 2 is 1.81 bits per heavy atom. The molecule has 2 aromatic carbocycles. The first kappa shape index (κ1) is 18.7. The van der Waals surface area contributed by atoms with Crippen LogP contribution in [-0.4, -0.2) is 18.2 Å².